The van der Waals surface area contributed by atoms with E-state index in [1.165, 1.54) is 6.07 Å². The molecule has 2 atom stereocenters. The molecule has 0 saturated heterocycles. The fourth-order valence-electron chi connectivity index (χ4n) is 2.63. The van der Waals surface area contributed by atoms with Gasteiger partial charge in [0.05, 0.1) is 5.52 Å². The molecule has 1 heterocycles. The maximum absolute atomic E-state index is 13.6. The highest BCUT2D eigenvalue weighted by atomic mass is 35.5. The fraction of sp³-hybridized carbons (Fsp3) is 0.438. The van der Waals surface area contributed by atoms with Gasteiger partial charge in [0.1, 0.15) is 15.7 Å². The molecular formula is C16H20ClFN2OS. The lowest BCUT2D eigenvalue weighted by atomic mass is 9.91. The molecule has 2 N–H and O–H groups in total. The van der Waals surface area contributed by atoms with Crippen LogP contribution in [0.5, 0.6) is 0 Å². The van der Waals surface area contributed by atoms with E-state index in [-0.39, 0.29) is 11.7 Å². The number of fused-ring (bicyclic) bond motifs is 1. The summed E-state index contributed by atoms with van der Waals surface area (Å²) in [5.41, 5.74) is 1.92. The van der Waals surface area contributed by atoms with Gasteiger partial charge in [0, 0.05) is 28.7 Å². The Morgan fingerprint density at radius 1 is 1.45 bits per heavy atom. The van der Waals surface area contributed by atoms with E-state index < -0.39 is 16.1 Å². The van der Waals surface area contributed by atoms with Crippen LogP contribution in [0.4, 0.5) is 4.39 Å². The number of benzene rings is 1. The number of hydrogen-bond donors (Lipinski definition) is 1. The molecule has 2 aromatic rings. The van der Waals surface area contributed by atoms with Crippen LogP contribution in [0, 0.1) is 12.7 Å². The second-order valence-corrected chi connectivity index (χ2v) is 8.33. The molecular weight excluding hydrogens is 323 g/mol. The van der Waals surface area contributed by atoms with Crippen molar-refractivity contribution in [3.63, 3.8) is 0 Å². The summed E-state index contributed by atoms with van der Waals surface area (Å²) < 4.78 is 24.7. The summed E-state index contributed by atoms with van der Waals surface area (Å²) in [6.07, 6.45) is 0.614. The van der Waals surface area contributed by atoms with E-state index in [0.29, 0.717) is 22.7 Å². The molecule has 2 rings (SSSR count). The zero-order valence-electron chi connectivity index (χ0n) is 13.1. The zero-order chi connectivity index (χ0) is 16.7. The first kappa shape index (κ1) is 17.5. The van der Waals surface area contributed by atoms with Crippen LogP contribution in [-0.4, -0.2) is 14.3 Å². The number of nitrogens with zero attached hydrogens (tertiary/aromatic N) is 1. The Morgan fingerprint density at radius 3 is 2.68 bits per heavy atom. The van der Waals surface area contributed by atoms with Gasteiger partial charge in [0.2, 0.25) is 0 Å². The molecule has 0 fully saturated rings. The predicted octanol–water partition coefficient (Wildman–Crippen LogP) is 4.23. The average Bonchev–Trinajstić information content (AvgIpc) is 2.42. The van der Waals surface area contributed by atoms with Crippen LogP contribution in [0.2, 0.25) is 5.15 Å². The molecule has 3 nitrogen and oxygen atoms in total. The number of nitrogens with two attached hydrogens (primary N) is 1. The van der Waals surface area contributed by atoms with Crippen molar-refractivity contribution in [2.24, 2.45) is 5.14 Å². The molecule has 0 radical (unpaired) electrons. The van der Waals surface area contributed by atoms with E-state index in [4.69, 9.17) is 16.7 Å². The summed E-state index contributed by atoms with van der Waals surface area (Å²) in [6, 6.07) is 5.06. The van der Waals surface area contributed by atoms with Crippen molar-refractivity contribution in [2.75, 3.05) is 0 Å². The minimum absolute atomic E-state index is 0.0391. The third kappa shape index (κ3) is 3.38. The normalized spacial score (nSPS) is 15.1. The lowest BCUT2D eigenvalue weighted by molar-refractivity contribution is 0.500. The predicted molar refractivity (Wildman–Crippen MR) is 90.9 cm³/mol. The van der Waals surface area contributed by atoms with Crippen LogP contribution < -0.4 is 5.14 Å². The van der Waals surface area contributed by atoms with Gasteiger partial charge in [-0.3, -0.25) is 0 Å². The van der Waals surface area contributed by atoms with Gasteiger partial charge >= 0.3 is 0 Å². The zero-order valence-corrected chi connectivity index (χ0v) is 14.7. The Morgan fingerprint density at radius 2 is 2.09 bits per heavy atom. The molecule has 0 amide bonds. The van der Waals surface area contributed by atoms with Gasteiger partial charge in [-0.15, -0.1) is 0 Å². The van der Waals surface area contributed by atoms with Gasteiger partial charge in [0.15, 0.2) is 0 Å². The molecule has 0 bridgehead atoms. The van der Waals surface area contributed by atoms with Gasteiger partial charge in [-0.25, -0.2) is 9.37 Å². The van der Waals surface area contributed by atoms with Crippen molar-refractivity contribution in [3.05, 3.63) is 40.3 Å². The summed E-state index contributed by atoms with van der Waals surface area (Å²) in [5.74, 6) is -0.256. The third-order valence-corrected chi connectivity index (χ3v) is 5.59. The maximum atomic E-state index is 13.6. The minimum Gasteiger partial charge on any atom is -0.598 e. The summed E-state index contributed by atoms with van der Waals surface area (Å²) >= 11 is 4.87. The van der Waals surface area contributed by atoms with Crippen molar-refractivity contribution >= 4 is 33.9 Å². The van der Waals surface area contributed by atoms with Gasteiger partial charge in [-0.2, -0.15) is 5.14 Å². The molecule has 0 aliphatic rings. The Bertz CT molecular complexity index is 706. The smallest absolute Gasteiger partial charge is 0.140 e. The van der Waals surface area contributed by atoms with E-state index in [9.17, 15) is 8.94 Å². The number of hydrogen-bond acceptors (Lipinski definition) is 3. The Balaban J connectivity index is 2.44. The molecule has 22 heavy (non-hydrogen) atoms. The molecule has 0 spiro atoms. The van der Waals surface area contributed by atoms with E-state index in [0.717, 1.165) is 10.9 Å². The number of halogens is 2. The lowest BCUT2D eigenvalue weighted by Gasteiger charge is -2.27. The average molecular weight is 343 g/mol. The van der Waals surface area contributed by atoms with E-state index in [1.54, 1.807) is 13.0 Å². The number of aryl methyl sites for hydroxylation is 1. The van der Waals surface area contributed by atoms with Crippen LogP contribution in [0.25, 0.3) is 10.9 Å². The third-order valence-electron chi connectivity index (χ3n) is 4.03. The van der Waals surface area contributed by atoms with E-state index in [1.807, 2.05) is 26.8 Å². The van der Waals surface area contributed by atoms with E-state index in [2.05, 4.69) is 4.98 Å². The molecule has 6 heteroatoms. The van der Waals surface area contributed by atoms with Gasteiger partial charge in [-0.1, -0.05) is 18.5 Å². The van der Waals surface area contributed by atoms with Crippen LogP contribution in [-0.2, 0) is 11.4 Å². The van der Waals surface area contributed by atoms with Gasteiger partial charge in [-0.05, 0) is 50.5 Å². The summed E-state index contributed by atoms with van der Waals surface area (Å²) in [6.45, 7) is 7.41. The minimum atomic E-state index is -1.42. The number of pyridine rings is 1. The van der Waals surface area contributed by atoms with Crippen molar-refractivity contribution < 1.29 is 8.94 Å². The molecule has 0 saturated carbocycles. The fourth-order valence-corrected chi connectivity index (χ4v) is 3.37. The molecule has 0 unspecified atom stereocenters. The highest BCUT2D eigenvalue weighted by Crippen LogP contribution is 2.35. The van der Waals surface area contributed by atoms with Crippen LogP contribution in [0.15, 0.2) is 18.2 Å². The summed E-state index contributed by atoms with van der Waals surface area (Å²) in [7, 11) is 0. The second kappa shape index (κ2) is 6.32. The first-order valence-electron chi connectivity index (χ1n) is 7.05. The Kier molecular flexibility index (Phi) is 5.02. The van der Waals surface area contributed by atoms with Crippen LogP contribution >= 0.6 is 11.6 Å². The van der Waals surface area contributed by atoms with Gasteiger partial charge in [0.25, 0.3) is 0 Å². The van der Waals surface area contributed by atoms with E-state index >= 15 is 0 Å². The maximum Gasteiger partial charge on any atom is 0.140 e. The summed E-state index contributed by atoms with van der Waals surface area (Å²) in [4.78, 5) is 4.35. The first-order chi connectivity index (χ1) is 10.1. The standard InChI is InChI=1S/C16H20ClFN2OS/c1-9(8-16(3,4)22(19)21)12-7-11-5-6-13(18)10(2)14(11)20-15(12)17/h5-7,9H,8,19H2,1-4H3/t9-,22+/m0/s1. The Hall–Kier alpha value is -0.880. The molecule has 1 aromatic carbocycles. The van der Waals surface area contributed by atoms with Crippen molar-refractivity contribution in [1.82, 2.24) is 4.98 Å². The topological polar surface area (TPSA) is 62.0 Å². The number of aromatic nitrogens is 1. The monoisotopic (exact) mass is 342 g/mol. The van der Waals surface area contributed by atoms with Crippen molar-refractivity contribution in [1.29, 1.82) is 0 Å². The number of rotatable bonds is 4. The van der Waals surface area contributed by atoms with Crippen molar-refractivity contribution in [3.8, 4) is 0 Å². The van der Waals surface area contributed by atoms with Gasteiger partial charge < -0.3 is 4.55 Å². The quantitative estimate of drug-likeness (QED) is 0.668. The second-order valence-electron chi connectivity index (χ2n) is 6.27. The van der Waals surface area contributed by atoms with Crippen LogP contribution in [0.1, 0.15) is 44.2 Å². The van der Waals surface area contributed by atoms with Crippen LogP contribution in [0.3, 0.4) is 0 Å². The molecule has 120 valence electrons. The molecule has 0 aliphatic heterocycles. The molecule has 1 aromatic heterocycles. The Labute approximate surface area is 138 Å². The largest absolute Gasteiger partial charge is 0.598 e. The lowest BCUT2D eigenvalue weighted by Crippen LogP contribution is -2.38. The highest BCUT2D eigenvalue weighted by molar-refractivity contribution is 7.90. The highest BCUT2D eigenvalue weighted by Gasteiger charge is 2.33. The SMILES string of the molecule is Cc1c(F)ccc2cc([C@@H](C)CC(C)(C)[S@+](N)[O-])c(Cl)nc12. The summed E-state index contributed by atoms with van der Waals surface area (Å²) in [5, 5.41) is 6.74. The molecule has 0 aliphatic carbocycles. The van der Waals surface area contributed by atoms with Crippen molar-refractivity contribution in [2.45, 2.75) is 44.8 Å². The first-order valence-corrected chi connectivity index (χ1v) is 8.64.